The van der Waals surface area contributed by atoms with E-state index >= 15 is 0 Å². The number of thiocarbonyl (C=S) groups is 1. The first-order chi connectivity index (χ1) is 11.6. The van der Waals surface area contributed by atoms with Crippen molar-refractivity contribution in [2.45, 2.75) is 50.4 Å². The Balaban J connectivity index is 1.83. The third-order valence-corrected chi connectivity index (χ3v) is 5.96. The second-order valence-electron chi connectivity index (χ2n) is 6.71. The summed E-state index contributed by atoms with van der Waals surface area (Å²) in [4.78, 5) is 3.16. The maximum absolute atomic E-state index is 5.48. The third kappa shape index (κ3) is 3.79. The molecule has 0 amide bonds. The molecule has 130 valence electrons. The number of thioether (sulfide) groups is 1. The summed E-state index contributed by atoms with van der Waals surface area (Å²) in [5.74, 6) is 0. The van der Waals surface area contributed by atoms with E-state index in [0.29, 0.717) is 11.4 Å². The van der Waals surface area contributed by atoms with Gasteiger partial charge in [0.05, 0.1) is 21.7 Å². The Kier molecular flexibility index (Phi) is 5.85. The molecule has 2 N–H and O–H groups in total. The number of fused-ring (bicyclic) bond motifs is 1. The van der Waals surface area contributed by atoms with Crippen molar-refractivity contribution in [3.8, 4) is 0 Å². The van der Waals surface area contributed by atoms with E-state index in [9.17, 15) is 0 Å². The highest BCUT2D eigenvalue weighted by Crippen LogP contribution is 2.42. The van der Waals surface area contributed by atoms with Crippen LogP contribution in [0.3, 0.4) is 0 Å². The Morgan fingerprint density at radius 1 is 1.38 bits per heavy atom. The molecule has 0 saturated carbocycles. The molecule has 1 aromatic rings. The number of nitrogens with zero attached hydrogens (tertiary/aromatic N) is 1. The summed E-state index contributed by atoms with van der Waals surface area (Å²) in [5, 5.41) is 10.0. The van der Waals surface area contributed by atoms with Crippen LogP contribution in [0.4, 0.5) is 11.4 Å². The smallest absolute Gasteiger partial charge is 0.0797 e. The predicted molar refractivity (Wildman–Crippen MR) is 111 cm³/mol. The van der Waals surface area contributed by atoms with Crippen molar-refractivity contribution in [1.29, 1.82) is 0 Å². The minimum absolute atomic E-state index is 0.466. The van der Waals surface area contributed by atoms with Gasteiger partial charge in [0.2, 0.25) is 0 Å². The van der Waals surface area contributed by atoms with E-state index in [0.717, 1.165) is 36.4 Å². The first kappa shape index (κ1) is 17.8. The van der Waals surface area contributed by atoms with Crippen LogP contribution in [-0.4, -0.2) is 24.5 Å². The van der Waals surface area contributed by atoms with Gasteiger partial charge >= 0.3 is 0 Å². The molecule has 3 rings (SSSR count). The Morgan fingerprint density at radius 3 is 2.88 bits per heavy atom. The predicted octanol–water partition coefficient (Wildman–Crippen LogP) is 4.85. The molecule has 1 heterocycles. The average Bonchev–Trinajstić information content (AvgIpc) is 3.17. The highest BCUT2D eigenvalue weighted by atomic mass is 32.2. The molecule has 0 saturated heterocycles. The lowest BCUT2D eigenvalue weighted by Crippen LogP contribution is -2.27. The van der Waals surface area contributed by atoms with Gasteiger partial charge < -0.3 is 10.2 Å². The van der Waals surface area contributed by atoms with Crippen molar-refractivity contribution >= 4 is 40.3 Å². The van der Waals surface area contributed by atoms with Crippen LogP contribution in [0.1, 0.15) is 49.8 Å². The zero-order valence-electron chi connectivity index (χ0n) is 14.8. The van der Waals surface area contributed by atoms with E-state index in [1.807, 2.05) is 11.8 Å². The normalized spacial score (nSPS) is 21.8. The standard InChI is InChI=1S/C19H27N3S2/c1-4-6-17(23)20-16-11-8-13-14(19(16)22(2)3)9-10-15(13)21-18-7-5-12-24-18/h5,8,11-12,15,18,21H,4,6-7,9-10H2,1-3H3,(H,20,23). The number of nitrogens with one attached hydrogen (secondary N) is 2. The van der Waals surface area contributed by atoms with Gasteiger partial charge in [-0.1, -0.05) is 31.3 Å². The maximum Gasteiger partial charge on any atom is 0.0797 e. The lowest BCUT2D eigenvalue weighted by Gasteiger charge is -2.24. The molecule has 1 aliphatic heterocycles. The van der Waals surface area contributed by atoms with Gasteiger partial charge in [0.25, 0.3) is 0 Å². The molecule has 24 heavy (non-hydrogen) atoms. The average molecular weight is 362 g/mol. The van der Waals surface area contributed by atoms with Crippen LogP contribution in [0.25, 0.3) is 0 Å². The lowest BCUT2D eigenvalue weighted by atomic mass is 10.0. The molecule has 0 radical (unpaired) electrons. The van der Waals surface area contributed by atoms with Crippen molar-refractivity contribution in [2.24, 2.45) is 0 Å². The Labute approximate surface area is 155 Å². The molecule has 3 nitrogen and oxygen atoms in total. The Bertz CT molecular complexity index is 632. The molecule has 2 atom stereocenters. The first-order valence-electron chi connectivity index (χ1n) is 8.79. The number of hydrogen-bond donors (Lipinski definition) is 2. The minimum atomic E-state index is 0.466. The summed E-state index contributed by atoms with van der Waals surface area (Å²) in [6.45, 7) is 2.16. The minimum Gasteiger partial charge on any atom is -0.376 e. The van der Waals surface area contributed by atoms with E-state index < -0.39 is 0 Å². The molecular weight excluding hydrogens is 334 g/mol. The largest absolute Gasteiger partial charge is 0.376 e. The summed E-state index contributed by atoms with van der Waals surface area (Å²) < 4.78 is 0. The monoisotopic (exact) mass is 361 g/mol. The fourth-order valence-electron chi connectivity index (χ4n) is 3.63. The van der Waals surface area contributed by atoms with Gasteiger partial charge in [-0.3, -0.25) is 5.32 Å². The van der Waals surface area contributed by atoms with Crippen LogP contribution in [0, 0.1) is 0 Å². The quantitative estimate of drug-likeness (QED) is 0.707. The lowest BCUT2D eigenvalue weighted by molar-refractivity contribution is 0.517. The van der Waals surface area contributed by atoms with Gasteiger partial charge in [0.15, 0.2) is 0 Å². The van der Waals surface area contributed by atoms with E-state index in [2.05, 4.69) is 60.2 Å². The van der Waals surface area contributed by atoms with Crippen molar-refractivity contribution in [3.63, 3.8) is 0 Å². The summed E-state index contributed by atoms with van der Waals surface area (Å²) in [6.07, 6.45) is 7.70. The number of hydrogen-bond acceptors (Lipinski definition) is 4. The number of rotatable bonds is 6. The molecule has 2 aliphatic rings. The highest BCUT2D eigenvalue weighted by Gasteiger charge is 2.29. The van der Waals surface area contributed by atoms with E-state index in [4.69, 9.17) is 12.2 Å². The summed E-state index contributed by atoms with van der Waals surface area (Å²) in [6, 6.07) is 4.96. The molecular formula is C19H27N3S2. The van der Waals surface area contributed by atoms with Crippen LogP contribution >= 0.6 is 24.0 Å². The van der Waals surface area contributed by atoms with E-state index in [1.54, 1.807) is 0 Å². The van der Waals surface area contributed by atoms with Crippen LogP contribution in [-0.2, 0) is 6.42 Å². The van der Waals surface area contributed by atoms with Crippen LogP contribution in [0.15, 0.2) is 23.6 Å². The molecule has 0 aromatic heterocycles. The topological polar surface area (TPSA) is 27.3 Å². The van der Waals surface area contributed by atoms with Crippen molar-refractivity contribution in [2.75, 3.05) is 24.3 Å². The number of anilines is 2. The van der Waals surface area contributed by atoms with Crippen molar-refractivity contribution in [3.05, 3.63) is 34.7 Å². The molecule has 0 bridgehead atoms. The van der Waals surface area contributed by atoms with Crippen LogP contribution in [0.2, 0.25) is 0 Å². The SMILES string of the molecule is CCCC(=S)Nc1ccc2c(c1N(C)C)CCC2NC1CC=CS1. The van der Waals surface area contributed by atoms with Gasteiger partial charge in [-0.2, -0.15) is 0 Å². The van der Waals surface area contributed by atoms with Crippen molar-refractivity contribution in [1.82, 2.24) is 5.32 Å². The van der Waals surface area contributed by atoms with Gasteiger partial charge in [0, 0.05) is 20.1 Å². The molecule has 2 unspecified atom stereocenters. The summed E-state index contributed by atoms with van der Waals surface area (Å²) >= 11 is 7.38. The zero-order chi connectivity index (χ0) is 17.1. The molecule has 1 aliphatic carbocycles. The van der Waals surface area contributed by atoms with E-state index in [-0.39, 0.29) is 0 Å². The van der Waals surface area contributed by atoms with E-state index in [1.165, 1.54) is 23.2 Å². The van der Waals surface area contributed by atoms with Crippen molar-refractivity contribution < 1.29 is 0 Å². The van der Waals surface area contributed by atoms with Crippen LogP contribution < -0.4 is 15.5 Å². The second kappa shape index (κ2) is 7.89. The highest BCUT2D eigenvalue weighted by molar-refractivity contribution is 8.02. The van der Waals surface area contributed by atoms with Gasteiger partial charge in [-0.05, 0) is 54.7 Å². The fraction of sp³-hybridized carbons (Fsp3) is 0.526. The molecule has 0 fully saturated rings. The summed E-state index contributed by atoms with van der Waals surface area (Å²) in [7, 11) is 4.25. The van der Waals surface area contributed by atoms with Crippen LogP contribution in [0.5, 0.6) is 0 Å². The van der Waals surface area contributed by atoms with Gasteiger partial charge in [-0.15, -0.1) is 11.8 Å². The maximum atomic E-state index is 5.48. The summed E-state index contributed by atoms with van der Waals surface area (Å²) in [5.41, 5.74) is 5.37. The first-order valence-corrected chi connectivity index (χ1v) is 10.1. The number of benzene rings is 1. The van der Waals surface area contributed by atoms with Gasteiger partial charge in [0.1, 0.15) is 0 Å². The second-order valence-corrected chi connectivity index (χ2v) is 8.32. The zero-order valence-corrected chi connectivity index (χ0v) is 16.4. The van der Waals surface area contributed by atoms with Gasteiger partial charge in [-0.25, -0.2) is 0 Å². The molecule has 1 aromatic carbocycles. The fourth-order valence-corrected chi connectivity index (χ4v) is 4.82. The third-order valence-electron chi connectivity index (χ3n) is 4.65. The Hall–Kier alpha value is -1.04. The molecule has 0 spiro atoms. The molecule has 5 heteroatoms. The Morgan fingerprint density at radius 2 is 2.21 bits per heavy atom.